The van der Waals surface area contributed by atoms with E-state index in [-0.39, 0.29) is 12.6 Å². The third kappa shape index (κ3) is 10.8. The van der Waals surface area contributed by atoms with Gasteiger partial charge in [-0.15, -0.1) is 0 Å². The Hall–Kier alpha value is -0.940. The van der Waals surface area contributed by atoms with Crippen molar-refractivity contribution in [3.63, 3.8) is 0 Å². The lowest BCUT2D eigenvalue weighted by Crippen LogP contribution is -2.38. The summed E-state index contributed by atoms with van der Waals surface area (Å²) in [5, 5.41) is 26.3. The van der Waals surface area contributed by atoms with Crippen molar-refractivity contribution in [2.24, 2.45) is 0 Å². The van der Waals surface area contributed by atoms with E-state index in [1.54, 1.807) is 0 Å². The lowest BCUT2D eigenvalue weighted by atomic mass is 10.0. The summed E-state index contributed by atoms with van der Waals surface area (Å²) < 4.78 is 0. The molecule has 140 valence electrons. The van der Waals surface area contributed by atoms with E-state index in [2.05, 4.69) is 31.4 Å². The van der Waals surface area contributed by atoms with E-state index in [0.29, 0.717) is 0 Å². The van der Waals surface area contributed by atoms with Crippen molar-refractivity contribution in [1.29, 1.82) is 0 Å². The molecule has 0 fully saturated rings. The second-order valence-corrected chi connectivity index (χ2v) is 6.22. The average Bonchev–Trinajstić information content (AvgIpc) is 2.58. The minimum absolute atomic E-state index is 0.0631. The molecule has 1 rings (SSSR count). The fourth-order valence-electron chi connectivity index (χ4n) is 2.29. The van der Waals surface area contributed by atoms with Gasteiger partial charge < -0.3 is 20.8 Å². The highest BCUT2D eigenvalue weighted by atomic mass is 16.3. The highest BCUT2D eigenvalue weighted by Gasteiger charge is 2.19. The quantitative estimate of drug-likeness (QED) is 0.468. The topological polar surface area (TPSA) is 64.5 Å². The van der Waals surface area contributed by atoms with E-state index in [9.17, 15) is 10.2 Å². The number of hydrogen-bond donors (Lipinski definition) is 4. The van der Waals surface area contributed by atoms with Crippen LogP contribution in [0.4, 0.5) is 0 Å². The summed E-state index contributed by atoms with van der Waals surface area (Å²) >= 11 is 0. The van der Waals surface area contributed by atoms with Gasteiger partial charge in [-0.2, -0.15) is 0 Å². The van der Waals surface area contributed by atoms with Crippen LogP contribution >= 0.6 is 0 Å². The predicted octanol–water partition coefficient (Wildman–Crippen LogP) is 3.18. The van der Waals surface area contributed by atoms with E-state index in [0.717, 1.165) is 38.0 Å². The molecule has 0 aliphatic rings. The van der Waals surface area contributed by atoms with E-state index >= 15 is 0 Å². The molecule has 0 unspecified atom stereocenters. The molecular formula is C20H38N2O2. The Bertz CT molecular complexity index is 382. The molecule has 0 amide bonds. The highest BCUT2D eigenvalue weighted by molar-refractivity contribution is 5.24. The maximum absolute atomic E-state index is 10.3. The van der Waals surface area contributed by atoms with Crippen LogP contribution in [-0.2, 0) is 0 Å². The lowest BCUT2D eigenvalue weighted by Gasteiger charge is -2.23. The maximum atomic E-state index is 10.3. The number of rotatable bonds is 11. The summed E-state index contributed by atoms with van der Waals surface area (Å²) in [5.41, 5.74) is 2.01. The van der Waals surface area contributed by atoms with E-state index < -0.39 is 6.10 Å². The fraction of sp³-hybridized carbons (Fsp3) is 0.700. The molecule has 0 heterocycles. The van der Waals surface area contributed by atoms with Crippen molar-refractivity contribution >= 4 is 0 Å². The summed E-state index contributed by atoms with van der Waals surface area (Å²) in [6.07, 6.45) is 3.96. The first-order chi connectivity index (χ1) is 11.6. The van der Waals surface area contributed by atoms with E-state index in [1.807, 2.05) is 31.2 Å². The Labute approximate surface area is 148 Å². The molecule has 0 saturated carbocycles. The Morgan fingerprint density at radius 2 is 1.54 bits per heavy atom. The van der Waals surface area contributed by atoms with Crippen molar-refractivity contribution in [3.05, 3.63) is 35.4 Å². The molecule has 0 spiro atoms. The zero-order valence-electron chi connectivity index (χ0n) is 16.0. The molecule has 0 saturated heterocycles. The molecule has 2 atom stereocenters. The SMILES string of the molecule is CCC.CCNCCCCCN[C@H](CO)[C@H](O)c1ccc(C)cc1. The summed E-state index contributed by atoms with van der Waals surface area (Å²) in [6.45, 7) is 11.2. The normalized spacial score (nSPS) is 13.1. The van der Waals surface area contributed by atoms with Crippen molar-refractivity contribution in [2.75, 3.05) is 26.2 Å². The van der Waals surface area contributed by atoms with E-state index in [4.69, 9.17) is 0 Å². The molecule has 0 aliphatic heterocycles. The standard InChI is InChI=1S/C17H30N2O2.C3H8/c1-3-18-11-5-4-6-12-19-16(13-20)17(21)15-9-7-14(2)8-10-15;1-3-2/h7-10,16-21H,3-6,11-13H2,1-2H3;3H2,1-2H3/t16-,17-;/m1./s1. The lowest BCUT2D eigenvalue weighted by molar-refractivity contribution is 0.0899. The van der Waals surface area contributed by atoms with Crippen molar-refractivity contribution < 1.29 is 10.2 Å². The second-order valence-electron chi connectivity index (χ2n) is 6.22. The van der Waals surface area contributed by atoms with Crippen molar-refractivity contribution in [3.8, 4) is 0 Å². The zero-order chi connectivity index (χ0) is 18.2. The van der Waals surface area contributed by atoms with Gasteiger partial charge in [0.25, 0.3) is 0 Å². The highest BCUT2D eigenvalue weighted by Crippen LogP contribution is 2.17. The Kier molecular flexibility index (Phi) is 15.0. The van der Waals surface area contributed by atoms with Crippen LogP contribution in [0.1, 0.15) is 63.7 Å². The van der Waals surface area contributed by atoms with Crippen LogP contribution in [-0.4, -0.2) is 42.5 Å². The predicted molar refractivity (Wildman–Crippen MR) is 103 cm³/mol. The Morgan fingerprint density at radius 3 is 2.08 bits per heavy atom. The first-order valence-corrected chi connectivity index (χ1v) is 9.40. The first kappa shape index (κ1) is 23.1. The smallest absolute Gasteiger partial charge is 0.0965 e. The van der Waals surface area contributed by atoms with E-state index in [1.165, 1.54) is 18.4 Å². The summed E-state index contributed by atoms with van der Waals surface area (Å²) in [7, 11) is 0. The average molecular weight is 339 g/mol. The summed E-state index contributed by atoms with van der Waals surface area (Å²) in [6, 6.07) is 7.49. The second kappa shape index (κ2) is 15.6. The van der Waals surface area contributed by atoms with Gasteiger partial charge in [0, 0.05) is 0 Å². The minimum atomic E-state index is -0.669. The minimum Gasteiger partial charge on any atom is -0.395 e. The van der Waals surface area contributed by atoms with Crippen molar-refractivity contribution in [2.45, 2.75) is 65.5 Å². The molecule has 1 aromatic rings. The van der Waals surface area contributed by atoms with Crippen molar-refractivity contribution in [1.82, 2.24) is 10.6 Å². The van der Waals surface area contributed by atoms with Gasteiger partial charge >= 0.3 is 0 Å². The Morgan fingerprint density at radius 1 is 0.958 bits per heavy atom. The number of aliphatic hydroxyl groups excluding tert-OH is 2. The summed E-state index contributed by atoms with van der Waals surface area (Å²) in [5.74, 6) is 0. The van der Waals surface area contributed by atoms with Gasteiger partial charge in [0.2, 0.25) is 0 Å². The van der Waals surface area contributed by atoms with Gasteiger partial charge in [0.05, 0.1) is 18.8 Å². The molecule has 24 heavy (non-hydrogen) atoms. The number of aryl methyl sites for hydroxylation is 1. The largest absolute Gasteiger partial charge is 0.395 e. The van der Waals surface area contributed by atoms with Crippen LogP contribution in [0.15, 0.2) is 24.3 Å². The number of unbranched alkanes of at least 4 members (excludes halogenated alkanes) is 2. The zero-order valence-corrected chi connectivity index (χ0v) is 16.0. The summed E-state index contributed by atoms with van der Waals surface area (Å²) in [4.78, 5) is 0. The molecule has 4 nitrogen and oxygen atoms in total. The van der Waals surface area contributed by atoms with Crippen LogP contribution in [0.3, 0.4) is 0 Å². The number of nitrogens with one attached hydrogen (secondary N) is 2. The third-order valence-corrected chi connectivity index (χ3v) is 3.68. The molecular weight excluding hydrogens is 300 g/mol. The van der Waals surface area contributed by atoms with Gasteiger partial charge in [0.15, 0.2) is 0 Å². The maximum Gasteiger partial charge on any atom is 0.0965 e. The molecule has 4 heteroatoms. The van der Waals surface area contributed by atoms with Crippen LogP contribution in [0.2, 0.25) is 0 Å². The third-order valence-electron chi connectivity index (χ3n) is 3.68. The van der Waals surface area contributed by atoms with Crippen LogP contribution in [0, 0.1) is 6.92 Å². The Balaban J connectivity index is 0.00000163. The molecule has 1 aromatic carbocycles. The van der Waals surface area contributed by atoms with Gasteiger partial charge in [-0.3, -0.25) is 0 Å². The number of aliphatic hydroxyl groups is 2. The number of hydrogen-bond acceptors (Lipinski definition) is 4. The van der Waals surface area contributed by atoms with Gasteiger partial charge in [0.1, 0.15) is 0 Å². The molecule has 0 aromatic heterocycles. The van der Waals surface area contributed by atoms with Gasteiger partial charge in [-0.1, -0.05) is 63.4 Å². The molecule has 0 bridgehead atoms. The van der Waals surface area contributed by atoms with Gasteiger partial charge in [-0.25, -0.2) is 0 Å². The fourth-order valence-corrected chi connectivity index (χ4v) is 2.29. The first-order valence-electron chi connectivity index (χ1n) is 9.40. The molecule has 0 radical (unpaired) electrons. The molecule has 4 N–H and O–H groups in total. The number of benzene rings is 1. The monoisotopic (exact) mass is 338 g/mol. The van der Waals surface area contributed by atoms with Crippen LogP contribution < -0.4 is 10.6 Å². The van der Waals surface area contributed by atoms with Gasteiger partial charge in [-0.05, 0) is 45.0 Å². The molecule has 0 aliphatic carbocycles. The van der Waals surface area contributed by atoms with Crippen LogP contribution in [0.5, 0.6) is 0 Å². The van der Waals surface area contributed by atoms with Crippen LogP contribution in [0.25, 0.3) is 0 Å².